The number of likely N-dealkylation sites (tertiary alicyclic amines) is 1. The van der Waals surface area contributed by atoms with Crippen LogP contribution >= 0.6 is 11.3 Å². The maximum Gasteiger partial charge on any atom is 0.258 e. The molecule has 1 aromatic carbocycles. The van der Waals surface area contributed by atoms with Crippen LogP contribution in [-0.2, 0) is 17.9 Å². The number of nitrogens with zero attached hydrogens (tertiary/aromatic N) is 3. The van der Waals surface area contributed by atoms with Gasteiger partial charge in [0.15, 0.2) is 4.96 Å². The predicted molar refractivity (Wildman–Crippen MR) is 106 cm³/mol. The third-order valence-electron chi connectivity index (χ3n) is 5.08. The maximum absolute atomic E-state index is 12.9. The van der Waals surface area contributed by atoms with Gasteiger partial charge in [0.2, 0.25) is 5.91 Å². The molecule has 6 nitrogen and oxygen atoms in total. The van der Waals surface area contributed by atoms with Crippen LogP contribution in [0.5, 0.6) is 0 Å². The van der Waals surface area contributed by atoms with Gasteiger partial charge in [0.05, 0.1) is 5.69 Å². The number of carbonyl (C=O) groups is 1. The highest BCUT2D eigenvalue weighted by molar-refractivity contribution is 7.15. The van der Waals surface area contributed by atoms with E-state index in [0.717, 1.165) is 37.2 Å². The first-order valence-corrected chi connectivity index (χ1v) is 10.2. The molecule has 0 radical (unpaired) electrons. The molecule has 1 saturated heterocycles. The highest BCUT2D eigenvalue weighted by atomic mass is 32.1. The molecule has 8 heteroatoms. The molecular weight excluding hydrogens is 379 g/mol. The van der Waals surface area contributed by atoms with E-state index in [1.807, 2.05) is 5.38 Å². The number of hydrogen-bond acceptors (Lipinski definition) is 5. The fraction of sp³-hybridized carbons (Fsp3) is 0.350. The van der Waals surface area contributed by atoms with Gasteiger partial charge in [-0.3, -0.25) is 18.9 Å². The standard InChI is InChI=1S/C20H21FN4O2S/c21-16-3-1-14(2-4-16)12-22-19(27)15-5-7-24(8-6-15)13-17-11-18(26)25-9-10-28-20(25)23-17/h1-4,9-11,15H,5-8,12-13H2,(H,22,27). The third-order valence-corrected chi connectivity index (χ3v) is 5.84. The molecule has 28 heavy (non-hydrogen) atoms. The van der Waals surface area contributed by atoms with Crippen LogP contribution in [0.2, 0.25) is 0 Å². The first-order valence-electron chi connectivity index (χ1n) is 9.29. The van der Waals surface area contributed by atoms with Gasteiger partial charge in [-0.2, -0.15) is 0 Å². The molecule has 3 heterocycles. The Morgan fingerprint density at radius 3 is 2.75 bits per heavy atom. The Morgan fingerprint density at radius 1 is 1.25 bits per heavy atom. The van der Waals surface area contributed by atoms with E-state index in [1.54, 1.807) is 28.8 Å². The average Bonchev–Trinajstić information content (AvgIpc) is 3.17. The van der Waals surface area contributed by atoms with Gasteiger partial charge in [-0.15, -0.1) is 11.3 Å². The Balaban J connectivity index is 1.28. The van der Waals surface area contributed by atoms with Crippen molar-refractivity contribution < 1.29 is 9.18 Å². The number of amides is 1. The Hall–Kier alpha value is -2.58. The van der Waals surface area contributed by atoms with Crippen molar-refractivity contribution in [3.63, 3.8) is 0 Å². The second-order valence-electron chi connectivity index (χ2n) is 7.04. The molecule has 3 aromatic rings. The van der Waals surface area contributed by atoms with Gasteiger partial charge in [0.25, 0.3) is 5.56 Å². The third kappa shape index (κ3) is 4.28. The Labute approximate surface area is 165 Å². The zero-order chi connectivity index (χ0) is 19.5. The van der Waals surface area contributed by atoms with Gasteiger partial charge >= 0.3 is 0 Å². The lowest BCUT2D eigenvalue weighted by Crippen LogP contribution is -2.40. The molecule has 146 valence electrons. The molecule has 0 atom stereocenters. The molecule has 1 N–H and O–H groups in total. The highest BCUT2D eigenvalue weighted by Crippen LogP contribution is 2.19. The van der Waals surface area contributed by atoms with Crippen LogP contribution in [0.4, 0.5) is 4.39 Å². The van der Waals surface area contributed by atoms with Crippen LogP contribution in [0.3, 0.4) is 0 Å². The lowest BCUT2D eigenvalue weighted by Gasteiger charge is -2.31. The van der Waals surface area contributed by atoms with Crippen molar-refractivity contribution in [2.24, 2.45) is 5.92 Å². The van der Waals surface area contributed by atoms with Gasteiger partial charge in [-0.05, 0) is 43.6 Å². The molecular formula is C20H21FN4O2S. The summed E-state index contributed by atoms with van der Waals surface area (Å²) in [5, 5.41) is 4.79. The fourth-order valence-electron chi connectivity index (χ4n) is 3.49. The van der Waals surface area contributed by atoms with Crippen LogP contribution in [-0.4, -0.2) is 33.3 Å². The number of piperidine rings is 1. The van der Waals surface area contributed by atoms with E-state index < -0.39 is 0 Å². The summed E-state index contributed by atoms with van der Waals surface area (Å²) in [7, 11) is 0. The van der Waals surface area contributed by atoms with Gasteiger partial charge < -0.3 is 5.32 Å². The highest BCUT2D eigenvalue weighted by Gasteiger charge is 2.25. The molecule has 0 spiro atoms. The zero-order valence-corrected chi connectivity index (χ0v) is 16.1. The average molecular weight is 400 g/mol. The number of fused-ring (bicyclic) bond motifs is 1. The van der Waals surface area contributed by atoms with E-state index in [9.17, 15) is 14.0 Å². The molecule has 0 aliphatic carbocycles. The van der Waals surface area contributed by atoms with Crippen LogP contribution in [0.1, 0.15) is 24.1 Å². The number of benzene rings is 1. The molecule has 1 aliphatic rings. The van der Waals surface area contributed by atoms with E-state index in [1.165, 1.54) is 23.5 Å². The van der Waals surface area contributed by atoms with Crippen molar-refractivity contribution in [3.8, 4) is 0 Å². The smallest absolute Gasteiger partial charge is 0.258 e. The van der Waals surface area contributed by atoms with Crippen molar-refractivity contribution in [3.05, 3.63) is 69.3 Å². The first kappa shape index (κ1) is 18.8. The molecule has 4 rings (SSSR count). The maximum atomic E-state index is 12.9. The van der Waals surface area contributed by atoms with Gasteiger partial charge in [-0.25, -0.2) is 9.37 Å². The van der Waals surface area contributed by atoms with Gasteiger partial charge in [0.1, 0.15) is 5.82 Å². The predicted octanol–water partition coefficient (Wildman–Crippen LogP) is 2.42. The Morgan fingerprint density at radius 2 is 2.00 bits per heavy atom. The molecule has 2 aromatic heterocycles. The first-order chi connectivity index (χ1) is 13.6. The summed E-state index contributed by atoms with van der Waals surface area (Å²) in [5.74, 6) is -0.256. The second kappa shape index (κ2) is 8.20. The van der Waals surface area contributed by atoms with Crippen LogP contribution in [0, 0.1) is 11.7 Å². The van der Waals surface area contributed by atoms with Crippen molar-refractivity contribution in [1.82, 2.24) is 19.6 Å². The van der Waals surface area contributed by atoms with Crippen molar-refractivity contribution in [1.29, 1.82) is 0 Å². The van der Waals surface area contributed by atoms with E-state index in [0.29, 0.717) is 18.1 Å². The minimum absolute atomic E-state index is 0.0185. The minimum atomic E-state index is -0.280. The molecule has 0 bridgehead atoms. The second-order valence-corrected chi connectivity index (χ2v) is 7.91. The molecule has 1 amide bonds. The van der Waals surface area contributed by atoms with Crippen LogP contribution in [0.15, 0.2) is 46.7 Å². The lowest BCUT2D eigenvalue weighted by atomic mass is 9.95. The largest absolute Gasteiger partial charge is 0.352 e. The normalized spacial score (nSPS) is 15.8. The number of hydrogen-bond donors (Lipinski definition) is 1. The molecule has 1 aliphatic heterocycles. The number of carbonyl (C=O) groups excluding carboxylic acids is 1. The summed E-state index contributed by atoms with van der Waals surface area (Å²) < 4.78 is 14.5. The molecule has 1 fully saturated rings. The number of nitrogens with one attached hydrogen (secondary N) is 1. The SMILES string of the molecule is O=C(NCc1ccc(F)cc1)C1CCN(Cc2cc(=O)n3ccsc3n2)CC1. The summed E-state index contributed by atoms with van der Waals surface area (Å²) in [6.07, 6.45) is 3.28. The van der Waals surface area contributed by atoms with Crippen LogP contribution < -0.4 is 10.9 Å². The summed E-state index contributed by atoms with van der Waals surface area (Å²) >= 11 is 1.45. The van der Waals surface area contributed by atoms with E-state index in [2.05, 4.69) is 15.2 Å². The summed E-state index contributed by atoms with van der Waals surface area (Å²) in [4.78, 5) is 32.0. The van der Waals surface area contributed by atoms with Crippen molar-refractivity contribution >= 4 is 22.2 Å². The summed E-state index contributed by atoms with van der Waals surface area (Å²) in [6.45, 7) is 2.61. The zero-order valence-electron chi connectivity index (χ0n) is 15.3. The number of aromatic nitrogens is 2. The van der Waals surface area contributed by atoms with Gasteiger partial charge in [0, 0.05) is 36.7 Å². The monoisotopic (exact) mass is 400 g/mol. The van der Waals surface area contributed by atoms with E-state index >= 15 is 0 Å². The molecule has 0 saturated carbocycles. The fourth-order valence-corrected chi connectivity index (χ4v) is 4.23. The van der Waals surface area contributed by atoms with Crippen LogP contribution in [0.25, 0.3) is 4.96 Å². The molecule has 0 unspecified atom stereocenters. The Bertz CT molecular complexity index is 1020. The minimum Gasteiger partial charge on any atom is -0.352 e. The summed E-state index contributed by atoms with van der Waals surface area (Å²) in [6, 6.07) is 7.73. The summed E-state index contributed by atoms with van der Waals surface area (Å²) in [5.41, 5.74) is 1.59. The number of thiazole rings is 1. The van der Waals surface area contributed by atoms with E-state index in [-0.39, 0.29) is 23.2 Å². The number of rotatable bonds is 5. The van der Waals surface area contributed by atoms with Crippen molar-refractivity contribution in [2.75, 3.05) is 13.1 Å². The van der Waals surface area contributed by atoms with Gasteiger partial charge in [-0.1, -0.05) is 12.1 Å². The topological polar surface area (TPSA) is 66.7 Å². The number of halogens is 1. The quantitative estimate of drug-likeness (QED) is 0.714. The van der Waals surface area contributed by atoms with E-state index in [4.69, 9.17) is 0 Å². The lowest BCUT2D eigenvalue weighted by molar-refractivity contribution is -0.126. The van der Waals surface area contributed by atoms with Crippen molar-refractivity contribution in [2.45, 2.75) is 25.9 Å². The Kier molecular flexibility index (Phi) is 5.50.